The first-order valence-corrected chi connectivity index (χ1v) is 7.57. The summed E-state index contributed by atoms with van der Waals surface area (Å²) in [5.74, 6) is 0.127. The van der Waals surface area contributed by atoms with E-state index in [0.29, 0.717) is 6.54 Å². The number of amides is 1. The molecular formula is C16H25N3O. The first-order valence-electron chi connectivity index (χ1n) is 7.57. The predicted octanol–water partition coefficient (Wildman–Crippen LogP) is 1.55. The molecule has 4 heteroatoms. The van der Waals surface area contributed by atoms with Crippen LogP contribution < -0.4 is 10.6 Å². The Balaban J connectivity index is 1.86. The molecule has 1 amide bonds. The number of carbonyl (C=O) groups excluding carboxylic acids is 1. The van der Waals surface area contributed by atoms with Gasteiger partial charge in [-0.05, 0) is 31.5 Å². The standard InChI is InChI=1S/C16H25N3O/c1-2-15(14-7-4-3-5-8-14)18-16(20)13-19-11-6-9-17-10-12-19/h3-5,7-8,15,17H,2,6,9-13H2,1H3,(H,18,20). The summed E-state index contributed by atoms with van der Waals surface area (Å²) in [7, 11) is 0. The maximum atomic E-state index is 12.2. The van der Waals surface area contributed by atoms with Gasteiger partial charge >= 0.3 is 0 Å². The summed E-state index contributed by atoms with van der Waals surface area (Å²) in [4.78, 5) is 14.4. The predicted molar refractivity (Wildman–Crippen MR) is 81.5 cm³/mol. The number of carbonyl (C=O) groups is 1. The zero-order valence-electron chi connectivity index (χ0n) is 12.3. The van der Waals surface area contributed by atoms with E-state index in [2.05, 4.69) is 34.6 Å². The van der Waals surface area contributed by atoms with Crippen LogP contribution in [-0.4, -0.2) is 43.5 Å². The highest BCUT2D eigenvalue weighted by Gasteiger charge is 2.16. The summed E-state index contributed by atoms with van der Waals surface area (Å²) >= 11 is 0. The monoisotopic (exact) mass is 275 g/mol. The zero-order valence-corrected chi connectivity index (χ0v) is 12.3. The molecule has 1 aromatic carbocycles. The molecule has 20 heavy (non-hydrogen) atoms. The van der Waals surface area contributed by atoms with Crippen molar-refractivity contribution in [3.63, 3.8) is 0 Å². The highest BCUT2D eigenvalue weighted by molar-refractivity contribution is 5.78. The lowest BCUT2D eigenvalue weighted by Gasteiger charge is -2.22. The minimum atomic E-state index is 0.119. The molecule has 2 N–H and O–H groups in total. The van der Waals surface area contributed by atoms with Crippen molar-refractivity contribution in [2.24, 2.45) is 0 Å². The Morgan fingerprint density at radius 1 is 1.30 bits per heavy atom. The zero-order chi connectivity index (χ0) is 14.2. The van der Waals surface area contributed by atoms with Gasteiger partial charge < -0.3 is 10.6 Å². The molecule has 0 aromatic heterocycles. The molecule has 0 bridgehead atoms. The summed E-state index contributed by atoms with van der Waals surface area (Å²) in [5.41, 5.74) is 1.18. The van der Waals surface area contributed by atoms with E-state index in [0.717, 1.165) is 39.0 Å². The Labute approximate surface area is 121 Å². The van der Waals surface area contributed by atoms with Crippen LogP contribution in [0, 0.1) is 0 Å². The molecule has 0 spiro atoms. The molecule has 1 saturated heterocycles. The molecule has 0 radical (unpaired) electrons. The third-order valence-corrected chi connectivity index (χ3v) is 3.75. The van der Waals surface area contributed by atoms with Crippen molar-refractivity contribution in [2.75, 3.05) is 32.7 Å². The maximum absolute atomic E-state index is 12.2. The molecule has 1 unspecified atom stereocenters. The lowest BCUT2D eigenvalue weighted by molar-refractivity contribution is -0.123. The van der Waals surface area contributed by atoms with Crippen LogP contribution in [0.1, 0.15) is 31.4 Å². The lowest BCUT2D eigenvalue weighted by atomic mass is 10.0. The number of benzene rings is 1. The largest absolute Gasteiger partial charge is 0.348 e. The average Bonchev–Trinajstić information content (AvgIpc) is 2.74. The van der Waals surface area contributed by atoms with Crippen LogP contribution in [0.25, 0.3) is 0 Å². The van der Waals surface area contributed by atoms with Crippen LogP contribution in [-0.2, 0) is 4.79 Å². The summed E-state index contributed by atoms with van der Waals surface area (Å²) in [6.45, 7) is 6.60. The quantitative estimate of drug-likeness (QED) is 0.857. The number of nitrogens with one attached hydrogen (secondary N) is 2. The molecule has 2 rings (SSSR count). The van der Waals surface area contributed by atoms with E-state index in [4.69, 9.17) is 0 Å². The summed E-state index contributed by atoms with van der Waals surface area (Å²) < 4.78 is 0. The van der Waals surface area contributed by atoms with E-state index in [1.165, 1.54) is 5.56 Å². The first-order chi connectivity index (χ1) is 9.79. The molecule has 110 valence electrons. The Morgan fingerprint density at radius 2 is 2.10 bits per heavy atom. The van der Waals surface area contributed by atoms with Gasteiger partial charge in [0.25, 0.3) is 0 Å². The molecule has 1 aliphatic rings. The summed E-state index contributed by atoms with van der Waals surface area (Å²) in [6, 6.07) is 10.3. The van der Waals surface area contributed by atoms with Gasteiger partial charge in [0.2, 0.25) is 5.91 Å². The van der Waals surface area contributed by atoms with Gasteiger partial charge in [-0.3, -0.25) is 9.69 Å². The molecule has 0 saturated carbocycles. The number of rotatable bonds is 5. The second-order valence-corrected chi connectivity index (χ2v) is 5.32. The van der Waals surface area contributed by atoms with Crippen molar-refractivity contribution in [1.82, 2.24) is 15.5 Å². The Morgan fingerprint density at radius 3 is 2.85 bits per heavy atom. The minimum absolute atomic E-state index is 0.119. The number of hydrogen-bond donors (Lipinski definition) is 2. The van der Waals surface area contributed by atoms with E-state index in [9.17, 15) is 4.79 Å². The van der Waals surface area contributed by atoms with Gasteiger partial charge in [0.05, 0.1) is 12.6 Å². The topological polar surface area (TPSA) is 44.4 Å². The molecule has 4 nitrogen and oxygen atoms in total. The van der Waals surface area contributed by atoms with Crippen molar-refractivity contribution in [1.29, 1.82) is 0 Å². The van der Waals surface area contributed by atoms with Gasteiger partial charge in [-0.15, -0.1) is 0 Å². The lowest BCUT2D eigenvalue weighted by Crippen LogP contribution is -2.40. The second kappa shape index (κ2) is 8.02. The van der Waals surface area contributed by atoms with Crippen LogP contribution >= 0.6 is 0 Å². The van der Waals surface area contributed by atoms with Crippen molar-refractivity contribution in [2.45, 2.75) is 25.8 Å². The second-order valence-electron chi connectivity index (χ2n) is 5.32. The fraction of sp³-hybridized carbons (Fsp3) is 0.562. The molecule has 1 heterocycles. The average molecular weight is 275 g/mol. The maximum Gasteiger partial charge on any atom is 0.234 e. The third-order valence-electron chi connectivity index (χ3n) is 3.75. The van der Waals surface area contributed by atoms with Gasteiger partial charge in [-0.2, -0.15) is 0 Å². The van der Waals surface area contributed by atoms with E-state index < -0.39 is 0 Å². The van der Waals surface area contributed by atoms with E-state index in [1.807, 2.05) is 18.2 Å². The molecule has 0 aliphatic carbocycles. The van der Waals surface area contributed by atoms with Gasteiger partial charge in [0.15, 0.2) is 0 Å². The van der Waals surface area contributed by atoms with Crippen LogP contribution in [0.4, 0.5) is 0 Å². The van der Waals surface area contributed by atoms with E-state index in [1.54, 1.807) is 0 Å². The third kappa shape index (κ3) is 4.62. The van der Waals surface area contributed by atoms with Gasteiger partial charge in [-0.1, -0.05) is 37.3 Å². The SMILES string of the molecule is CCC(NC(=O)CN1CCCNCC1)c1ccccc1. The summed E-state index contributed by atoms with van der Waals surface area (Å²) in [6.07, 6.45) is 2.03. The number of nitrogens with zero attached hydrogens (tertiary/aromatic N) is 1. The smallest absolute Gasteiger partial charge is 0.234 e. The highest BCUT2D eigenvalue weighted by atomic mass is 16.2. The van der Waals surface area contributed by atoms with Crippen LogP contribution in [0.5, 0.6) is 0 Å². The van der Waals surface area contributed by atoms with Crippen molar-refractivity contribution in [3.8, 4) is 0 Å². The van der Waals surface area contributed by atoms with Crippen molar-refractivity contribution >= 4 is 5.91 Å². The highest BCUT2D eigenvalue weighted by Crippen LogP contribution is 2.15. The molecular weight excluding hydrogens is 250 g/mol. The Bertz CT molecular complexity index is 399. The van der Waals surface area contributed by atoms with Gasteiger partial charge in [0, 0.05) is 13.1 Å². The first kappa shape index (κ1) is 15.0. The normalized spacial score (nSPS) is 18.2. The van der Waals surface area contributed by atoms with E-state index in [-0.39, 0.29) is 11.9 Å². The fourth-order valence-corrected chi connectivity index (χ4v) is 2.61. The Kier molecular flexibility index (Phi) is 6.02. The Hall–Kier alpha value is -1.39. The molecule has 1 aromatic rings. The molecule has 1 fully saturated rings. The van der Waals surface area contributed by atoms with Crippen molar-refractivity contribution < 1.29 is 4.79 Å². The van der Waals surface area contributed by atoms with Crippen molar-refractivity contribution in [3.05, 3.63) is 35.9 Å². The fourth-order valence-electron chi connectivity index (χ4n) is 2.61. The van der Waals surface area contributed by atoms with Crippen LogP contribution in [0.15, 0.2) is 30.3 Å². The summed E-state index contributed by atoms with van der Waals surface area (Å²) in [5, 5.41) is 6.50. The van der Waals surface area contributed by atoms with Crippen LogP contribution in [0.2, 0.25) is 0 Å². The number of hydrogen-bond acceptors (Lipinski definition) is 3. The van der Waals surface area contributed by atoms with Crippen LogP contribution in [0.3, 0.4) is 0 Å². The van der Waals surface area contributed by atoms with Gasteiger partial charge in [0.1, 0.15) is 0 Å². The molecule has 1 aliphatic heterocycles. The minimum Gasteiger partial charge on any atom is -0.348 e. The van der Waals surface area contributed by atoms with E-state index >= 15 is 0 Å². The van der Waals surface area contributed by atoms with Gasteiger partial charge in [-0.25, -0.2) is 0 Å². The molecule has 1 atom stereocenters.